The normalized spacial score (nSPS) is 20.9. The topological polar surface area (TPSA) is 73.6 Å². The summed E-state index contributed by atoms with van der Waals surface area (Å²) < 4.78 is 11.1. The molecule has 20 heavy (non-hydrogen) atoms. The molecule has 1 aliphatic heterocycles. The molecule has 1 aromatic rings. The van der Waals surface area contributed by atoms with Crippen LogP contribution in [0.2, 0.25) is 0 Å². The molecule has 2 rings (SSSR count). The van der Waals surface area contributed by atoms with Crippen LogP contribution in [-0.4, -0.2) is 37.5 Å². The van der Waals surface area contributed by atoms with Gasteiger partial charge in [0.15, 0.2) is 5.79 Å². The molecule has 1 amide bonds. The van der Waals surface area contributed by atoms with Gasteiger partial charge in [-0.2, -0.15) is 0 Å². The molecule has 1 atom stereocenters. The van der Waals surface area contributed by atoms with Gasteiger partial charge in [-0.15, -0.1) is 0 Å². The maximum absolute atomic E-state index is 12.2. The van der Waals surface area contributed by atoms with Gasteiger partial charge in [-0.1, -0.05) is 18.2 Å². The summed E-state index contributed by atoms with van der Waals surface area (Å²) in [4.78, 5) is 12.2. The number of benzene rings is 1. The fourth-order valence-electron chi connectivity index (χ4n) is 2.28. The molecular weight excluding hydrogens is 256 g/mol. The minimum atomic E-state index is -0.563. The van der Waals surface area contributed by atoms with E-state index in [0.29, 0.717) is 31.7 Å². The molecule has 0 saturated carbocycles. The summed E-state index contributed by atoms with van der Waals surface area (Å²) in [6, 6.07) is 7.52. The van der Waals surface area contributed by atoms with Crippen molar-refractivity contribution in [2.45, 2.75) is 32.2 Å². The Balaban J connectivity index is 1.92. The molecule has 0 aromatic heterocycles. The molecule has 5 heteroatoms. The third-order valence-corrected chi connectivity index (χ3v) is 3.23. The van der Waals surface area contributed by atoms with Crippen LogP contribution in [0.1, 0.15) is 29.8 Å². The third kappa shape index (κ3) is 3.79. The number of nitrogens with two attached hydrogens (primary N) is 1. The number of rotatable bonds is 5. The van der Waals surface area contributed by atoms with Crippen LogP contribution >= 0.6 is 0 Å². The van der Waals surface area contributed by atoms with E-state index < -0.39 is 5.79 Å². The zero-order valence-electron chi connectivity index (χ0n) is 12.0. The largest absolute Gasteiger partial charge is 0.349 e. The number of hydrogen-bond donors (Lipinski definition) is 2. The van der Waals surface area contributed by atoms with Crippen LogP contribution in [0.4, 0.5) is 0 Å². The molecule has 5 nitrogen and oxygen atoms in total. The molecule has 1 saturated heterocycles. The molecule has 1 fully saturated rings. The van der Waals surface area contributed by atoms with Gasteiger partial charge < -0.3 is 20.5 Å². The summed E-state index contributed by atoms with van der Waals surface area (Å²) in [6.45, 7) is 5.20. The Labute approximate surface area is 119 Å². The Bertz CT molecular complexity index is 474. The van der Waals surface area contributed by atoms with Crippen LogP contribution in [0, 0.1) is 0 Å². The van der Waals surface area contributed by atoms with Gasteiger partial charge in [-0.05, 0) is 38.4 Å². The number of ether oxygens (including phenoxy) is 2. The van der Waals surface area contributed by atoms with E-state index in [1.807, 2.05) is 38.1 Å². The summed E-state index contributed by atoms with van der Waals surface area (Å²) >= 11 is 0. The van der Waals surface area contributed by atoms with Gasteiger partial charge in [-0.25, -0.2) is 0 Å². The predicted molar refractivity (Wildman–Crippen MR) is 76.4 cm³/mol. The van der Waals surface area contributed by atoms with Crippen molar-refractivity contribution in [2.75, 3.05) is 19.7 Å². The highest BCUT2D eigenvalue weighted by atomic mass is 16.7. The number of carbonyl (C=O) groups is 1. The van der Waals surface area contributed by atoms with E-state index in [1.165, 1.54) is 0 Å². The van der Waals surface area contributed by atoms with E-state index in [2.05, 4.69) is 5.32 Å². The van der Waals surface area contributed by atoms with Gasteiger partial charge >= 0.3 is 0 Å². The predicted octanol–water partition coefficient (Wildman–Crippen LogP) is 1.07. The van der Waals surface area contributed by atoms with Crippen LogP contribution in [0.5, 0.6) is 0 Å². The lowest BCUT2D eigenvalue weighted by molar-refractivity contribution is -0.137. The second kappa shape index (κ2) is 6.35. The standard InChI is InChI=1S/C15H22N2O3/c1-15(2)19-10-12(20-15)9-17-14(18)13-6-4-3-5-11(13)7-8-16/h3-6,12H,7-10,16H2,1-2H3,(H,17,18). The van der Waals surface area contributed by atoms with Gasteiger partial charge in [0.2, 0.25) is 0 Å². The van der Waals surface area contributed by atoms with Gasteiger partial charge in [0.25, 0.3) is 5.91 Å². The summed E-state index contributed by atoms with van der Waals surface area (Å²) in [5.41, 5.74) is 7.21. The first-order chi connectivity index (χ1) is 9.52. The van der Waals surface area contributed by atoms with Crippen LogP contribution in [0.3, 0.4) is 0 Å². The molecule has 1 aromatic carbocycles. The fourth-order valence-corrected chi connectivity index (χ4v) is 2.28. The first-order valence-electron chi connectivity index (χ1n) is 6.90. The highest BCUT2D eigenvalue weighted by Crippen LogP contribution is 2.21. The van der Waals surface area contributed by atoms with Crippen molar-refractivity contribution in [2.24, 2.45) is 5.73 Å². The minimum Gasteiger partial charge on any atom is -0.349 e. The molecule has 0 bridgehead atoms. The summed E-state index contributed by atoms with van der Waals surface area (Å²) in [7, 11) is 0. The van der Waals surface area contributed by atoms with Crippen LogP contribution < -0.4 is 11.1 Å². The number of amides is 1. The molecular formula is C15H22N2O3. The second-order valence-electron chi connectivity index (χ2n) is 5.36. The molecule has 110 valence electrons. The van der Waals surface area contributed by atoms with Crippen molar-refractivity contribution in [1.82, 2.24) is 5.32 Å². The Hall–Kier alpha value is -1.43. The Kier molecular flexibility index (Phi) is 4.75. The Morgan fingerprint density at radius 1 is 1.45 bits per heavy atom. The van der Waals surface area contributed by atoms with E-state index in [4.69, 9.17) is 15.2 Å². The lowest BCUT2D eigenvalue weighted by Crippen LogP contribution is -2.35. The monoisotopic (exact) mass is 278 g/mol. The smallest absolute Gasteiger partial charge is 0.251 e. The van der Waals surface area contributed by atoms with Crippen LogP contribution in [0.25, 0.3) is 0 Å². The van der Waals surface area contributed by atoms with E-state index >= 15 is 0 Å². The van der Waals surface area contributed by atoms with Gasteiger partial charge in [0.1, 0.15) is 6.10 Å². The average Bonchev–Trinajstić information content (AvgIpc) is 2.77. The summed E-state index contributed by atoms with van der Waals surface area (Å²) in [5.74, 6) is -0.658. The van der Waals surface area contributed by atoms with Gasteiger partial charge in [-0.3, -0.25) is 4.79 Å². The fraction of sp³-hybridized carbons (Fsp3) is 0.533. The van der Waals surface area contributed by atoms with E-state index in [9.17, 15) is 4.79 Å². The Morgan fingerprint density at radius 2 is 2.20 bits per heavy atom. The molecule has 1 aliphatic rings. The summed E-state index contributed by atoms with van der Waals surface area (Å²) in [6.07, 6.45) is 0.593. The van der Waals surface area contributed by atoms with Gasteiger partial charge in [0, 0.05) is 12.1 Å². The molecule has 0 aliphatic carbocycles. The molecule has 1 heterocycles. The minimum absolute atomic E-state index is 0.0950. The maximum atomic E-state index is 12.2. The molecule has 0 radical (unpaired) electrons. The van der Waals surface area contributed by atoms with Crippen molar-refractivity contribution in [3.63, 3.8) is 0 Å². The zero-order valence-corrected chi connectivity index (χ0v) is 12.0. The van der Waals surface area contributed by atoms with E-state index in [1.54, 1.807) is 0 Å². The molecule has 1 unspecified atom stereocenters. The van der Waals surface area contributed by atoms with Crippen molar-refractivity contribution in [3.8, 4) is 0 Å². The number of hydrogen-bond acceptors (Lipinski definition) is 4. The number of carbonyl (C=O) groups excluding carboxylic acids is 1. The quantitative estimate of drug-likeness (QED) is 0.845. The second-order valence-corrected chi connectivity index (χ2v) is 5.36. The average molecular weight is 278 g/mol. The first-order valence-corrected chi connectivity index (χ1v) is 6.90. The van der Waals surface area contributed by atoms with Crippen LogP contribution in [-0.2, 0) is 15.9 Å². The first kappa shape index (κ1) is 15.0. The zero-order chi connectivity index (χ0) is 14.6. The van der Waals surface area contributed by atoms with Crippen molar-refractivity contribution in [1.29, 1.82) is 0 Å². The highest BCUT2D eigenvalue weighted by molar-refractivity contribution is 5.95. The van der Waals surface area contributed by atoms with Crippen molar-refractivity contribution >= 4 is 5.91 Å². The van der Waals surface area contributed by atoms with E-state index in [0.717, 1.165) is 5.56 Å². The summed E-state index contributed by atoms with van der Waals surface area (Å²) in [5, 5.41) is 2.89. The third-order valence-electron chi connectivity index (χ3n) is 3.23. The SMILES string of the molecule is CC1(C)OCC(CNC(=O)c2ccccc2CCN)O1. The maximum Gasteiger partial charge on any atom is 0.251 e. The number of nitrogens with one attached hydrogen (secondary N) is 1. The van der Waals surface area contributed by atoms with Crippen molar-refractivity contribution in [3.05, 3.63) is 35.4 Å². The Morgan fingerprint density at radius 3 is 2.85 bits per heavy atom. The van der Waals surface area contributed by atoms with Crippen molar-refractivity contribution < 1.29 is 14.3 Å². The highest BCUT2D eigenvalue weighted by Gasteiger charge is 2.32. The molecule has 3 N–H and O–H groups in total. The lowest BCUT2D eigenvalue weighted by atomic mass is 10.0. The van der Waals surface area contributed by atoms with E-state index in [-0.39, 0.29) is 12.0 Å². The molecule has 0 spiro atoms. The lowest BCUT2D eigenvalue weighted by Gasteiger charge is -2.17. The van der Waals surface area contributed by atoms with Crippen LogP contribution in [0.15, 0.2) is 24.3 Å². The van der Waals surface area contributed by atoms with Gasteiger partial charge in [0.05, 0.1) is 6.61 Å².